The largest absolute Gasteiger partial charge is 0.493 e. The van der Waals surface area contributed by atoms with Crippen LogP contribution in [0, 0.1) is 13.8 Å². The number of nitrogens with zero attached hydrogens (tertiary/aromatic N) is 4. The molecule has 0 radical (unpaired) electrons. The van der Waals surface area contributed by atoms with Crippen molar-refractivity contribution in [3.63, 3.8) is 0 Å². The van der Waals surface area contributed by atoms with Gasteiger partial charge < -0.3 is 14.7 Å². The number of hydrogen-bond donors (Lipinski definition) is 1. The Hall–Kier alpha value is -2.41. The van der Waals surface area contributed by atoms with Crippen LogP contribution >= 0.6 is 0 Å². The van der Waals surface area contributed by atoms with Gasteiger partial charge in [0.25, 0.3) is 0 Å². The van der Waals surface area contributed by atoms with Crippen LogP contribution in [0.4, 0.5) is 0 Å². The van der Waals surface area contributed by atoms with Gasteiger partial charge in [-0.3, -0.25) is 4.79 Å². The number of benzene rings is 1. The highest BCUT2D eigenvalue weighted by Gasteiger charge is 2.32. The highest BCUT2D eigenvalue weighted by atomic mass is 16.5. The van der Waals surface area contributed by atoms with Crippen molar-refractivity contribution in [3.05, 3.63) is 41.2 Å². The van der Waals surface area contributed by atoms with E-state index in [0.717, 1.165) is 11.3 Å². The van der Waals surface area contributed by atoms with E-state index in [4.69, 9.17) is 4.74 Å². The summed E-state index contributed by atoms with van der Waals surface area (Å²) in [6.45, 7) is 7.31. The predicted molar refractivity (Wildman–Crippen MR) is 92.3 cm³/mol. The number of amides is 1. The molecule has 25 heavy (non-hydrogen) atoms. The molecule has 134 valence electrons. The number of ether oxygens (including phenoxy) is 1. The van der Waals surface area contributed by atoms with Crippen LogP contribution in [0.15, 0.2) is 24.4 Å². The van der Waals surface area contributed by atoms with Crippen molar-refractivity contribution in [3.8, 4) is 5.75 Å². The van der Waals surface area contributed by atoms with E-state index in [9.17, 15) is 9.90 Å². The molecule has 1 unspecified atom stereocenters. The summed E-state index contributed by atoms with van der Waals surface area (Å²) in [7, 11) is 0. The first-order chi connectivity index (χ1) is 11.9. The van der Waals surface area contributed by atoms with Crippen LogP contribution in [0.5, 0.6) is 5.75 Å². The molecule has 3 rings (SSSR count). The third-order valence-electron chi connectivity index (χ3n) is 4.45. The Morgan fingerprint density at radius 1 is 1.40 bits per heavy atom. The fourth-order valence-corrected chi connectivity index (χ4v) is 2.85. The molecule has 1 aromatic heterocycles. The van der Waals surface area contributed by atoms with E-state index in [2.05, 4.69) is 16.4 Å². The van der Waals surface area contributed by atoms with Crippen molar-refractivity contribution in [1.82, 2.24) is 19.9 Å². The Kier molecular flexibility index (Phi) is 5.03. The number of carbonyl (C=O) groups excluding carboxylic acids is 1. The predicted octanol–water partition coefficient (Wildman–Crippen LogP) is 1.80. The number of carbonyl (C=O) groups is 1. The summed E-state index contributed by atoms with van der Waals surface area (Å²) >= 11 is 0. The van der Waals surface area contributed by atoms with Crippen molar-refractivity contribution >= 4 is 5.91 Å². The molecule has 1 saturated heterocycles. The molecule has 1 fully saturated rings. The fraction of sp³-hybridized carbons (Fsp3) is 0.500. The van der Waals surface area contributed by atoms with Crippen molar-refractivity contribution in [2.75, 3.05) is 19.7 Å². The van der Waals surface area contributed by atoms with Gasteiger partial charge in [-0.15, -0.1) is 5.10 Å². The van der Waals surface area contributed by atoms with E-state index in [1.807, 2.05) is 26.0 Å². The molecule has 0 saturated carbocycles. The van der Waals surface area contributed by atoms with Gasteiger partial charge in [-0.1, -0.05) is 22.9 Å². The maximum absolute atomic E-state index is 12.2. The molecule has 7 nitrogen and oxygen atoms in total. The summed E-state index contributed by atoms with van der Waals surface area (Å²) in [5, 5.41) is 17.4. The zero-order valence-corrected chi connectivity index (χ0v) is 14.8. The third kappa shape index (κ3) is 3.99. The first-order valence-electron chi connectivity index (χ1n) is 8.51. The van der Waals surface area contributed by atoms with Gasteiger partial charge in [0, 0.05) is 13.1 Å². The number of likely N-dealkylation sites (tertiary alicyclic amines) is 1. The monoisotopic (exact) mass is 344 g/mol. The Labute approximate surface area is 147 Å². The second-order valence-electron chi connectivity index (χ2n) is 6.62. The van der Waals surface area contributed by atoms with Crippen molar-refractivity contribution < 1.29 is 14.6 Å². The third-order valence-corrected chi connectivity index (χ3v) is 4.45. The van der Waals surface area contributed by atoms with Crippen LogP contribution in [0.2, 0.25) is 0 Å². The molecule has 0 spiro atoms. The van der Waals surface area contributed by atoms with Gasteiger partial charge >= 0.3 is 0 Å². The average molecular weight is 344 g/mol. The van der Waals surface area contributed by atoms with Gasteiger partial charge in [0.05, 0.1) is 31.4 Å². The van der Waals surface area contributed by atoms with Gasteiger partial charge in [0.15, 0.2) is 0 Å². The lowest BCUT2D eigenvalue weighted by Gasteiger charge is -2.38. The first-order valence-corrected chi connectivity index (χ1v) is 8.51. The normalized spacial score (nSPS) is 15.8. The SMILES string of the molecule is Cc1ccc(OCCC(=O)N2CC(n3cc(C(C)O)nn3)C2)c(C)c1. The number of aryl methyl sites for hydroxylation is 2. The van der Waals surface area contributed by atoms with Crippen LogP contribution in [-0.4, -0.2) is 50.6 Å². The Morgan fingerprint density at radius 3 is 2.80 bits per heavy atom. The van der Waals surface area contributed by atoms with Gasteiger partial charge in [-0.05, 0) is 32.4 Å². The zero-order valence-electron chi connectivity index (χ0n) is 14.8. The summed E-state index contributed by atoms with van der Waals surface area (Å²) < 4.78 is 7.44. The highest BCUT2D eigenvalue weighted by molar-refractivity contribution is 5.77. The molecule has 2 heterocycles. The van der Waals surface area contributed by atoms with E-state index in [1.54, 1.807) is 22.7 Å². The Balaban J connectivity index is 1.43. The standard InChI is InChI=1S/C18H24N4O3/c1-12-4-5-17(13(2)8-12)25-7-6-18(24)21-9-15(10-21)22-11-16(14(3)23)19-20-22/h4-5,8,11,14-15,23H,6-7,9-10H2,1-3H3. The number of hydrogen-bond acceptors (Lipinski definition) is 5. The quantitative estimate of drug-likeness (QED) is 0.864. The van der Waals surface area contributed by atoms with Crippen molar-refractivity contribution in [2.24, 2.45) is 0 Å². The summed E-state index contributed by atoms with van der Waals surface area (Å²) in [6.07, 6.45) is 1.46. The molecule has 0 bridgehead atoms. The minimum Gasteiger partial charge on any atom is -0.493 e. The zero-order chi connectivity index (χ0) is 18.0. The topological polar surface area (TPSA) is 80.5 Å². The lowest BCUT2D eigenvalue weighted by atomic mass is 10.1. The minimum atomic E-state index is -0.631. The smallest absolute Gasteiger partial charge is 0.226 e. The fourth-order valence-electron chi connectivity index (χ4n) is 2.85. The summed E-state index contributed by atoms with van der Waals surface area (Å²) in [4.78, 5) is 14.0. The molecule has 2 aromatic rings. The van der Waals surface area contributed by atoms with Crippen LogP contribution in [0.25, 0.3) is 0 Å². The molecule has 7 heteroatoms. The molecule has 1 amide bonds. The molecule has 1 aliphatic rings. The number of aliphatic hydroxyl groups is 1. The van der Waals surface area contributed by atoms with E-state index < -0.39 is 6.10 Å². The lowest BCUT2D eigenvalue weighted by Crippen LogP contribution is -2.51. The average Bonchev–Trinajstić information content (AvgIpc) is 2.98. The number of aliphatic hydroxyl groups excluding tert-OH is 1. The molecule has 1 N–H and O–H groups in total. The van der Waals surface area contributed by atoms with Crippen molar-refractivity contribution in [1.29, 1.82) is 0 Å². The van der Waals surface area contributed by atoms with E-state index in [1.165, 1.54) is 5.56 Å². The highest BCUT2D eigenvalue weighted by Crippen LogP contribution is 2.23. The second-order valence-corrected chi connectivity index (χ2v) is 6.62. The van der Waals surface area contributed by atoms with E-state index in [-0.39, 0.29) is 11.9 Å². The van der Waals surface area contributed by atoms with E-state index >= 15 is 0 Å². The van der Waals surface area contributed by atoms with E-state index in [0.29, 0.717) is 31.8 Å². The summed E-state index contributed by atoms with van der Waals surface area (Å²) in [5.74, 6) is 0.907. The first kappa shape index (κ1) is 17.4. The van der Waals surface area contributed by atoms with Gasteiger partial charge in [-0.25, -0.2) is 4.68 Å². The van der Waals surface area contributed by atoms with Gasteiger partial charge in [0.1, 0.15) is 11.4 Å². The number of aromatic nitrogens is 3. The van der Waals surface area contributed by atoms with Crippen LogP contribution < -0.4 is 4.74 Å². The molecule has 1 aromatic carbocycles. The van der Waals surface area contributed by atoms with Crippen LogP contribution in [-0.2, 0) is 4.79 Å². The molecule has 1 atom stereocenters. The number of rotatable bonds is 6. The minimum absolute atomic E-state index is 0.0804. The molecular formula is C18H24N4O3. The maximum Gasteiger partial charge on any atom is 0.226 e. The van der Waals surface area contributed by atoms with Crippen LogP contribution in [0.3, 0.4) is 0 Å². The Morgan fingerprint density at radius 2 is 2.16 bits per heavy atom. The summed E-state index contributed by atoms with van der Waals surface area (Å²) in [5.41, 5.74) is 2.82. The maximum atomic E-state index is 12.2. The van der Waals surface area contributed by atoms with Gasteiger partial charge in [-0.2, -0.15) is 0 Å². The molecule has 0 aliphatic carbocycles. The van der Waals surface area contributed by atoms with Crippen LogP contribution in [0.1, 0.15) is 42.3 Å². The summed E-state index contributed by atoms with van der Waals surface area (Å²) in [6, 6.07) is 6.14. The molecule has 1 aliphatic heterocycles. The second kappa shape index (κ2) is 7.23. The molecular weight excluding hydrogens is 320 g/mol. The van der Waals surface area contributed by atoms with Gasteiger partial charge in [0.2, 0.25) is 5.91 Å². The Bertz CT molecular complexity index is 751. The van der Waals surface area contributed by atoms with Crippen molar-refractivity contribution in [2.45, 2.75) is 39.3 Å². The lowest BCUT2D eigenvalue weighted by molar-refractivity contribution is -0.137.